The van der Waals surface area contributed by atoms with Crippen LogP contribution in [-0.2, 0) is 9.59 Å². The zero-order valence-corrected chi connectivity index (χ0v) is 26.4. The van der Waals surface area contributed by atoms with Gasteiger partial charge >= 0.3 is 5.97 Å². The molecule has 0 fully saturated rings. The summed E-state index contributed by atoms with van der Waals surface area (Å²) >= 11 is 0. The minimum absolute atomic E-state index is 0. The SMILES string of the molecule is CCCCCCCCCCCC(=O)O.CCCCCCCCCCCCCC(N)=O.[Na].[Na]. The van der Waals surface area contributed by atoms with E-state index in [2.05, 4.69) is 13.8 Å². The molecule has 0 rings (SSSR count). The molecule has 6 heteroatoms. The number of primary amides is 1. The van der Waals surface area contributed by atoms with Gasteiger partial charge in [0.1, 0.15) is 0 Å². The Morgan fingerprint density at radius 3 is 1.00 bits per heavy atom. The van der Waals surface area contributed by atoms with Crippen molar-refractivity contribution < 1.29 is 14.7 Å². The zero-order chi connectivity index (χ0) is 22.7. The summed E-state index contributed by atoms with van der Waals surface area (Å²) in [5, 5.41) is 8.41. The Labute approximate surface area is 244 Å². The Balaban J connectivity index is -0.000000232. The number of carbonyl (C=O) groups is 2. The second-order valence-corrected chi connectivity index (χ2v) is 8.72. The van der Waals surface area contributed by atoms with E-state index in [1.807, 2.05) is 0 Å². The van der Waals surface area contributed by atoms with E-state index >= 15 is 0 Å². The van der Waals surface area contributed by atoms with Crippen LogP contribution in [0, 0.1) is 0 Å². The second-order valence-electron chi connectivity index (χ2n) is 8.72. The maximum absolute atomic E-state index is 10.5. The molecule has 1 amide bonds. The van der Waals surface area contributed by atoms with Gasteiger partial charge in [-0.2, -0.15) is 0 Å². The molecule has 0 aliphatic heterocycles. The molecule has 0 heterocycles. The number of amides is 1. The van der Waals surface area contributed by atoms with Gasteiger partial charge in [0.05, 0.1) is 0 Å². The van der Waals surface area contributed by atoms with Crippen LogP contribution in [0.4, 0.5) is 0 Å². The minimum Gasteiger partial charge on any atom is -0.481 e. The van der Waals surface area contributed by atoms with Crippen molar-refractivity contribution in [2.24, 2.45) is 5.73 Å². The van der Waals surface area contributed by atoms with E-state index in [-0.39, 0.29) is 65.0 Å². The normalized spacial score (nSPS) is 9.81. The first-order chi connectivity index (χ1) is 14.5. The molecule has 0 saturated heterocycles. The van der Waals surface area contributed by atoms with Crippen molar-refractivity contribution in [1.29, 1.82) is 0 Å². The molecule has 0 atom stereocenters. The van der Waals surface area contributed by atoms with E-state index < -0.39 is 5.97 Å². The molecule has 4 nitrogen and oxygen atoms in total. The Morgan fingerprint density at radius 1 is 0.500 bits per heavy atom. The Hall–Kier alpha value is 0.940. The van der Waals surface area contributed by atoms with E-state index in [1.54, 1.807) is 0 Å². The number of nitrogens with two attached hydrogens (primary N) is 1. The third-order valence-electron chi connectivity index (χ3n) is 5.52. The molecule has 3 N–H and O–H groups in total. The molecular formula is C26H53NNa2O3. The zero-order valence-electron chi connectivity index (χ0n) is 22.4. The monoisotopic (exact) mass is 473 g/mol. The molecule has 0 aromatic carbocycles. The first kappa shape index (κ1) is 40.1. The third kappa shape index (κ3) is 44.6. The number of hydrogen-bond donors (Lipinski definition) is 2. The third-order valence-corrected chi connectivity index (χ3v) is 5.52. The van der Waals surface area contributed by atoms with Crippen molar-refractivity contribution in [2.45, 2.75) is 155 Å². The van der Waals surface area contributed by atoms with Crippen LogP contribution in [-0.4, -0.2) is 76.1 Å². The summed E-state index contributed by atoms with van der Waals surface area (Å²) in [5.41, 5.74) is 5.07. The van der Waals surface area contributed by atoms with Crippen molar-refractivity contribution in [3.63, 3.8) is 0 Å². The Kier molecular flexibility index (Phi) is 45.8. The number of carboxylic acid groups (broad SMARTS) is 1. The van der Waals surface area contributed by atoms with Gasteiger partial charge in [-0.25, -0.2) is 0 Å². The molecule has 0 bridgehead atoms. The molecule has 2 radical (unpaired) electrons. The van der Waals surface area contributed by atoms with Crippen LogP contribution >= 0.6 is 0 Å². The van der Waals surface area contributed by atoms with Crippen LogP contribution < -0.4 is 5.73 Å². The largest absolute Gasteiger partial charge is 0.481 e. The fraction of sp³-hybridized carbons (Fsp3) is 0.923. The predicted molar refractivity (Wildman–Crippen MR) is 141 cm³/mol. The van der Waals surface area contributed by atoms with Crippen molar-refractivity contribution in [3.8, 4) is 0 Å². The smallest absolute Gasteiger partial charge is 0.303 e. The molecule has 0 aliphatic rings. The second kappa shape index (κ2) is 36.5. The summed E-state index contributed by atoms with van der Waals surface area (Å²) < 4.78 is 0. The van der Waals surface area contributed by atoms with Gasteiger partial charge in [0, 0.05) is 72.0 Å². The van der Waals surface area contributed by atoms with Crippen LogP contribution in [0.5, 0.6) is 0 Å². The first-order valence-corrected chi connectivity index (χ1v) is 13.0. The van der Waals surface area contributed by atoms with Crippen LogP contribution in [0.25, 0.3) is 0 Å². The maximum atomic E-state index is 10.5. The van der Waals surface area contributed by atoms with E-state index in [1.165, 1.54) is 109 Å². The number of rotatable bonds is 22. The summed E-state index contributed by atoms with van der Waals surface area (Å²) in [4.78, 5) is 20.7. The summed E-state index contributed by atoms with van der Waals surface area (Å²) in [6.07, 6.45) is 26.5. The molecule has 0 aromatic heterocycles. The first-order valence-electron chi connectivity index (χ1n) is 13.0. The number of carboxylic acids is 1. The van der Waals surface area contributed by atoms with Gasteiger partial charge in [-0.1, -0.05) is 129 Å². The quantitative estimate of drug-likeness (QED) is 0.127. The fourth-order valence-electron chi connectivity index (χ4n) is 3.55. The summed E-state index contributed by atoms with van der Waals surface area (Å²) in [6.45, 7) is 4.48. The van der Waals surface area contributed by atoms with E-state index in [4.69, 9.17) is 10.8 Å². The van der Waals surface area contributed by atoms with Gasteiger partial charge in [-0.05, 0) is 12.8 Å². The Bertz CT molecular complexity index is 369. The maximum Gasteiger partial charge on any atom is 0.303 e. The standard InChI is InChI=1S/C14H29NO.C12H24O2.2Na/c1-2-3-4-5-6-7-8-9-10-11-12-13-14(15)16;1-2-3-4-5-6-7-8-9-10-11-12(13)14;;/h2-13H2,1H3,(H2,15,16);2-11H2,1H3,(H,13,14);;. The van der Waals surface area contributed by atoms with Gasteiger partial charge in [0.2, 0.25) is 5.91 Å². The molecular weight excluding hydrogens is 420 g/mol. The summed E-state index contributed by atoms with van der Waals surface area (Å²) in [5.74, 6) is -0.816. The molecule has 182 valence electrons. The van der Waals surface area contributed by atoms with Crippen molar-refractivity contribution in [3.05, 3.63) is 0 Å². The van der Waals surface area contributed by atoms with E-state index in [0.29, 0.717) is 12.8 Å². The van der Waals surface area contributed by atoms with E-state index in [0.717, 1.165) is 19.3 Å². The summed E-state index contributed by atoms with van der Waals surface area (Å²) in [6, 6.07) is 0. The molecule has 0 aliphatic carbocycles. The minimum atomic E-state index is -0.659. The molecule has 32 heavy (non-hydrogen) atoms. The number of hydrogen-bond acceptors (Lipinski definition) is 2. The fourth-order valence-corrected chi connectivity index (χ4v) is 3.55. The van der Waals surface area contributed by atoms with Gasteiger partial charge in [0.25, 0.3) is 0 Å². The van der Waals surface area contributed by atoms with Gasteiger partial charge in [0.15, 0.2) is 0 Å². The number of unbranched alkanes of at least 4 members (excludes halogenated alkanes) is 18. The van der Waals surface area contributed by atoms with Gasteiger partial charge in [-0.15, -0.1) is 0 Å². The van der Waals surface area contributed by atoms with Crippen molar-refractivity contribution >= 4 is 71.0 Å². The average Bonchev–Trinajstić information content (AvgIpc) is 2.71. The van der Waals surface area contributed by atoms with E-state index in [9.17, 15) is 9.59 Å². The number of carbonyl (C=O) groups excluding carboxylic acids is 1. The van der Waals surface area contributed by atoms with Crippen LogP contribution in [0.15, 0.2) is 0 Å². The van der Waals surface area contributed by atoms with Crippen molar-refractivity contribution in [2.75, 3.05) is 0 Å². The number of aliphatic carboxylic acids is 1. The van der Waals surface area contributed by atoms with Crippen LogP contribution in [0.3, 0.4) is 0 Å². The van der Waals surface area contributed by atoms with Gasteiger partial charge in [-0.3, -0.25) is 9.59 Å². The molecule has 0 aromatic rings. The van der Waals surface area contributed by atoms with Crippen molar-refractivity contribution in [1.82, 2.24) is 0 Å². The topological polar surface area (TPSA) is 80.4 Å². The Morgan fingerprint density at radius 2 is 0.750 bits per heavy atom. The summed E-state index contributed by atoms with van der Waals surface area (Å²) in [7, 11) is 0. The van der Waals surface area contributed by atoms with Gasteiger partial charge < -0.3 is 10.8 Å². The molecule has 0 spiro atoms. The molecule has 0 saturated carbocycles. The average molecular weight is 474 g/mol. The van der Waals surface area contributed by atoms with Crippen LogP contribution in [0.1, 0.15) is 155 Å². The predicted octanol–water partition coefficient (Wildman–Crippen LogP) is 7.40. The molecule has 0 unspecified atom stereocenters. The van der Waals surface area contributed by atoms with Crippen LogP contribution in [0.2, 0.25) is 0 Å².